The van der Waals surface area contributed by atoms with Gasteiger partial charge in [0, 0.05) is 30.6 Å². The number of fused-ring (bicyclic) bond motifs is 2. The molecule has 3 aliphatic rings. The molecule has 0 bridgehead atoms. The van der Waals surface area contributed by atoms with Crippen LogP contribution in [0.25, 0.3) is 10.9 Å². The highest BCUT2D eigenvalue weighted by Crippen LogP contribution is 2.41. The first-order chi connectivity index (χ1) is 14.8. The maximum atomic E-state index is 12.8. The number of aromatic nitrogens is 3. The summed E-state index contributed by atoms with van der Waals surface area (Å²) in [7, 11) is 0. The number of nitrogens with one attached hydrogen (secondary N) is 3. The highest BCUT2D eigenvalue weighted by molar-refractivity contribution is 5.91. The average molecular weight is 403 g/mol. The lowest BCUT2D eigenvalue weighted by Gasteiger charge is -2.31. The molecule has 2 aliphatic heterocycles. The molecule has 0 spiro atoms. The van der Waals surface area contributed by atoms with Crippen molar-refractivity contribution in [2.24, 2.45) is 10.9 Å². The molecule has 6 rings (SSSR count). The van der Waals surface area contributed by atoms with E-state index >= 15 is 0 Å². The summed E-state index contributed by atoms with van der Waals surface area (Å²) in [5.74, 6) is 1.12. The zero-order valence-corrected chi connectivity index (χ0v) is 16.9. The van der Waals surface area contributed by atoms with E-state index in [2.05, 4.69) is 49.7 Å². The summed E-state index contributed by atoms with van der Waals surface area (Å²) in [4.78, 5) is 20.1. The molecule has 3 aromatic rings. The summed E-state index contributed by atoms with van der Waals surface area (Å²) in [6.45, 7) is 1.92. The van der Waals surface area contributed by atoms with Gasteiger partial charge >= 0.3 is 0 Å². The SMILES string of the molecule is O=c1[nH]ccc2c1c(Nc1ccc3c(c1)CCNC3)nn2[C@H]1CCCC[C@@H]1C1C=N1. The van der Waals surface area contributed by atoms with Crippen LogP contribution in [0.5, 0.6) is 0 Å². The number of rotatable bonds is 4. The minimum absolute atomic E-state index is 0.0987. The van der Waals surface area contributed by atoms with E-state index in [1.807, 2.05) is 6.07 Å². The number of H-pyrrole nitrogens is 1. The van der Waals surface area contributed by atoms with Crippen LogP contribution in [-0.2, 0) is 13.0 Å². The van der Waals surface area contributed by atoms with E-state index in [1.165, 1.54) is 30.4 Å². The number of aliphatic imine (C=N–C) groups is 1. The molecule has 7 nitrogen and oxygen atoms in total. The van der Waals surface area contributed by atoms with Gasteiger partial charge in [-0.05, 0) is 55.1 Å². The van der Waals surface area contributed by atoms with Gasteiger partial charge < -0.3 is 15.6 Å². The summed E-state index contributed by atoms with van der Waals surface area (Å²) < 4.78 is 2.10. The van der Waals surface area contributed by atoms with E-state index in [-0.39, 0.29) is 11.6 Å². The van der Waals surface area contributed by atoms with Crippen molar-refractivity contribution in [2.75, 3.05) is 11.9 Å². The zero-order chi connectivity index (χ0) is 20.1. The van der Waals surface area contributed by atoms with Gasteiger partial charge in [-0.3, -0.25) is 14.5 Å². The lowest BCUT2D eigenvalue weighted by atomic mass is 9.82. The van der Waals surface area contributed by atoms with Crippen LogP contribution >= 0.6 is 0 Å². The van der Waals surface area contributed by atoms with Crippen molar-refractivity contribution >= 4 is 28.6 Å². The maximum absolute atomic E-state index is 12.8. The van der Waals surface area contributed by atoms with Gasteiger partial charge in [0.05, 0.1) is 17.6 Å². The van der Waals surface area contributed by atoms with Gasteiger partial charge in [0.25, 0.3) is 5.56 Å². The topological polar surface area (TPSA) is 87.1 Å². The Morgan fingerprint density at radius 2 is 2.03 bits per heavy atom. The van der Waals surface area contributed by atoms with E-state index in [0.29, 0.717) is 23.2 Å². The monoisotopic (exact) mass is 402 g/mol. The molecule has 1 aromatic carbocycles. The largest absolute Gasteiger partial charge is 0.338 e. The van der Waals surface area contributed by atoms with Crippen LogP contribution < -0.4 is 16.2 Å². The Labute approximate surface area is 174 Å². The normalized spacial score (nSPS) is 25.3. The van der Waals surface area contributed by atoms with Gasteiger partial charge in [-0.15, -0.1) is 0 Å². The van der Waals surface area contributed by atoms with E-state index in [0.717, 1.165) is 37.1 Å². The summed E-state index contributed by atoms with van der Waals surface area (Å²) in [6, 6.07) is 9.04. The third-order valence-corrected chi connectivity index (χ3v) is 6.84. The van der Waals surface area contributed by atoms with Crippen molar-refractivity contribution in [3.8, 4) is 0 Å². The van der Waals surface area contributed by atoms with Crippen molar-refractivity contribution in [2.45, 2.75) is 50.7 Å². The van der Waals surface area contributed by atoms with Gasteiger partial charge in [-0.1, -0.05) is 18.9 Å². The summed E-state index contributed by atoms with van der Waals surface area (Å²) >= 11 is 0. The molecule has 1 saturated carbocycles. The van der Waals surface area contributed by atoms with Crippen LogP contribution in [0.2, 0.25) is 0 Å². The molecule has 1 aliphatic carbocycles. The quantitative estimate of drug-likeness (QED) is 0.625. The molecule has 7 heteroatoms. The second kappa shape index (κ2) is 7.09. The first-order valence-corrected chi connectivity index (χ1v) is 11.0. The Morgan fingerprint density at radius 3 is 2.93 bits per heavy atom. The molecule has 3 atom stereocenters. The second-order valence-electron chi connectivity index (χ2n) is 8.70. The third kappa shape index (κ3) is 3.04. The molecule has 4 heterocycles. The summed E-state index contributed by atoms with van der Waals surface area (Å²) in [6.07, 6.45) is 9.50. The van der Waals surface area contributed by atoms with Gasteiger partial charge in [-0.25, -0.2) is 0 Å². The average Bonchev–Trinajstić information content (AvgIpc) is 3.56. The Balaban J connectivity index is 1.41. The first-order valence-electron chi connectivity index (χ1n) is 11.0. The molecular weight excluding hydrogens is 376 g/mol. The highest BCUT2D eigenvalue weighted by Gasteiger charge is 2.37. The van der Waals surface area contributed by atoms with Crippen LogP contribution in [-0.4, -0.2) is 33.6 Å². The highest BCUT2D eigenvalue weighted by atomic mass is 16.1. The number of nitrogens with zero attached hydrogens (tertiary/aromatic N) is 3. The number of benzene rings is 1. The van der Waals surface area contributed by atoms with Crippen molar-refractivity contribution in [1.82, 2.24) is 20.1 Å². The molecule has 1 fully saturated rings. The van der Waals surface area contributed by atoms with Gasteiger partial charge in [-0.2, -0.15) is 5.10 Å². The standard InChI is InChI=1S/C23H26N6O/c30-23-21-20(8-10-25-23)29(19-4-2-1-3-17(19)18-13-26-18)28-22(21)27-16-6-5-15-12-24-9-7-14(15)11-16/h5-6,8,10-11,13,17-19,24H,1-4,7,9,12H2,(H,25,30)(H,27,28)/t17-,18?,19+/m1/s1. The Hall–Kier alpha value is -2.93. The van der Waals surface area contributed by atoms with Gasteiger partial charge in [0.1, 0.15) is 5.39 Å². The molecule has 1 unspecified atom stereocenters. The van der Waals surface area contributed by atoms with Crippen molar-refractivity contribution < 1.29 is 0 Å². The molecule has 154 valence electrons. The lowest BCUT2D eigenvalue weighted by Crippen LogP contribution is -2.28. The van der Waals surface area contributed by atoms with E-state index in [1.54, 1.807) is 6.20 Å². The summed E-state index contributed by atoms with van der Waals surface area (Å²) in [5, 5.41) is 12.5. The minimum Gasteiger partial charge on any atom is -0.338 e. The maximum Gasteiger partial charge on any atom is 0.261 e. The number of anilines is 2. The summed E-state index contributed by atoms with van der Waals surface area (Å²) in [5.41, 5.74) is 4.49. The van der Waals surface area contributed by atoms with Crippen LogP contribution in [0.3, 0.4) is 0 Å². The molecule has 0 radical (unpaired) electrons. The number of hydrogen-bond acceptors (Lipinski definition) is 5. The Morgan fingerprint density at radius 1 is 1.13 bits per heavy atom. The Kier molecular flexibility index (Phi) is 4.23. The van der Waals surface area contributed by atoms with Crippen molar-refractivity contribution in [3.05, 3.63) is 51.9 Å². The molecule has 0 saturated heterocycles. The van der Waals surface area contributed by atoms with E-state index in [9.17, 15) is 4.79 Å². The predicted molar refractivity (Wildman–Crippen MR) is 119 cm³/mol. The van der Waals surface area contributed by atoms with Gasteiger partial charge in [0.15, 0.2) is 5.82 Å². The zero-order valence-electron chi connectivity index (χ0n) is 16.9. The number of pyridine rings is 1. The van der Waals surface area contributed by atoms with Crippen LogP contribution in [0.15, 0.2) is 40.2 Å². The molecule has 0 amide bonds. The molecule has 30 heavy (non-hydrogen) atoms. The van der Waals surface area contributed by atoms with E-state index in [4.69, 9.17) is 5.10 Å². The fourth-order valence-electron chi connectivity index (χ4n) is 5.24. The van der Waals surface area contributed by atoms with E-state index < -0.39 is 0 Å². The van der Waals surface area contributed by atoms with Crippen LogP contribution in [0.4, 0.5) is 11.5 Å². The second-order valence-corrected chi connectivity index (χ2v) is 8.70. The first kappa shape index (κ1) is 17.9. The third-order valence-electron chi connectivity index (χ3n) is 6.84. The lowest BCUT2D eigenvalue weighted by molar-refractivity contribution is 0.230. The Bertz CT molecular complexity index is 1190. The van der Waals surface area contributed by atoms with Crippen LogP contribution in [0, 0.1) is 5.92 Å². The molecular formula is C23H26N6O. The molecule has 2 aromatic heterocycles. The minimum atomic E-state index is -0.0987. The van der Waals surface area contributed by atoms with Gasteiger partial charge in [0.2, 0.25) is 0 Å². The number of hydrogen-bond donors (Lipinski definition) is 3. The smallest absolute Gasteiger partial charge is 0.261 e. The van der Waals surface area contributed by atoms with Crippen molar-refractivity contribution in [3.63, 3.8) is 0 Å². The fraction of sp³-hybridized carbons (Fsp3) is 0.435. The predicted octanol–water partition coefficient (Wildman–Crippen LogP) is 3.30. The fourth-order valence-corrected chi connectivity index (χ4v) is 5.24. The number of aromatic amines is 1. The van der Waals surface area contributed by atoms with Crippen LogP contribution in [0.1, 0.15) is 42.9 Å². The molecule has 3 N–H and O–H groups in total. The van der Waals surface area contributed by atoms with Crippen molar-refractivity contribution in [1.29, 1.82) is 0 Å².